The Morgan fingerprint density at radius 1 is 1.26 bits per heavy atom. The van der Waals surface area contributed by atoms with E-state index in [9.17, 15) is 4.39 Å². The number of halogens is 3. The number of aromatic nitrogens is 1. The molecule has 1 atom stereocenters. The third-order valence-corrected chi connectivity index (χ3v) is 3.32. The average molecular weight is 300 g/mol. The van der Waals surface area contributed by atoms with Gasteiger partial charge in [0.15, 0.2) is 0 Å². The fourth-order valence-corrected chi connectivity index (χ4v) is 2.35. The second kappa shape index (κ2) is 5.74. The molecule has 1 unspecified atom stereocenters. The molecule has 0 fully saturated rings. The van der Waals surface area contributed by atoms with Gasteiger partial charge >= 0.3 is 0 Å². The van der Waals surface area contributed by atoms with Crippen LogP contribution in [0.1, 0.15) is 17.2 Å². The number of nitrogen functional groups attached to an aromatic ring is 1. The van der Waals surface area contributed by atoms with Gasteiger partial charge in [0.1, 0.15) is 11.6 Å². The number of rotatable bonds is 3. The van der Waals surface area contributed by atoms with Gasteiger partial charge in [-0.05, 0) is 30.8 Å². The Bertz CT molecular complexity index is 604. The molecule has 3 N–H and O–H groups in total. The van der Waals surface area contributed by atoms with E-state index in [1.807, 2.05) is 0 Å². The Hall–Kier alpha value is -1.36. The molecule has 2 aromatic rings. The molecule has 0 aliphatic carbocycles. The maximum Gasteiger partial charge on any atom is 0.128 e. The van der Waals surface area contributed by atoms with Gasteiger partial charge in [-0.15, -0.1) is 0 Å². The molecule has 100 valence electrons. The highest BCUT2D eigenvalue weighted by Gasteiger charge is 2.19. The van der Waals surface area contributed by atoms with E-state index < -0.39 is 0 Å². The molecule has 0 bridgehead atoms. The first-order chi connectivity index (χ1) is 9.02. The lowest BCUT2D eigenvalue weighted by Gasteiger charge is -2.20. The minimum atomic E-state index is -0.388. The first-order valence-corrected chi connectivity index (χ1v) is 6.31. The normalized spacial score (nSPS) is 12.4. The predicted molar refractivity (Wildman–Crippen MR) is 76.0 cm³/mol. The molecule has 0 saturated carbocycles. The molecule has 3 nitrogen and oxygen atoms in total. The number of pyridine rings is 1. The van der Waals surface area contributed by atoms with Gasteiger partial charge in [-0.2, -0.15) is 0 Å². The second-order valence-electron chi connectivity index (χ2n) is 4.02. The van der Waals surface area contributed by atoms with Crippen molar-refractivity contribution < 1.29 is 4.39 Å². The van der Waals surface area contributed by atoms with Crippen molar-refractivity contribution in [3.63, 3.8) is 0 Å². The van der Waals surface area contributed by atoms with E-state index in [4.69, 9.17) is 28.9 Å². The van der Waals surface area contributed by atoms with Gasteiger partial charge in [0.05, 0.1) is 11.1 Å². The van der Waals surface area contributed by atoms with Crippen molar-refractivity contribution in [2.24, 2.45) is 0 Å². The number of benzene rings is 1. The molecule has 0 radical (unpaired) electrons. The summed E-state index contributed by atoms with van der Waals surface area (Å²) in [5, 5.41) is 3.87. The smallest absolute Gasteiger partial charge is 0.128 e. The van der Waals surface area contributed by atoms with Crippen LogP contribution in [0.5, 0.6) is 0 Å². The van der Waals surface area contributed by atoms with E-state index in [1.54, 1.807) is 19.2 Å². The van der Waals surface area contributed by atoms with Crippen LogP contribution in [-0.2, 0) is 0 Å². The zero-order valence-electron chi connectivity index (χ0n) is 10.1. The lowest BCUT2D eigenvalue weighted by Crippen LogP contribution is -2.20. The van der Waals surface area contributed by atoms with Crippen LogP contribution in [-0.4, -0.2) is 12.0 Å². The van der Waals surface area contributed by atoms with Crippen molar-refractivity contribution in [2.45, 2.75) is 6.04 Å². The topological polar surface area (TPSA) is 50.9 Å². The Balaban J connectivity index is 2.52. The van der Waals surface area contributed by atoms with E-state index in [0.717, 1.165) is 0 Å². The summed E-state index contributed by atoms with van der Waals surface area (Å²) in [6.07, 6.45) is 1.47. The first-order valence-electron chi connectivity index (χ1n) is 5.56. The third kappa shape index (κ3) is 2.97. The van der Waals surface area contributed by atoms with Gasteiger partial charge < -0.3 is 11.1 Å². The van der Waals surface area contributed by atoms with Crippen LogP contribution in [0, 0.1) is 5.82 Å². The maximum atomic E-state index is 13.1. The van der Waals surface area contributed by atoms with E-state index >= 15 is 0 Å². The third-order valence-electron chi connectivity index (χ3n) is 2.79. The van der Waals surface area contributed by atoms with E-state index in [2.05, 4.69) is 10.3 Å². The Kier molecular flexibility index (Phi) is 4.24. The molecule has 0 aliphatic rings. The number of nitrogens with one attached hydrogen (secondary N) is 1. The number of hydrogen-bond acceptors (Lipinski definition) is 3. The molecular formula is C13H12Cl2FN3. The van der Waals surface area contributed by atoms with Crippen molar-refractivity contribution in [3.8, 4) is 0 Å². The van der Waals surface area contributed by atoms with Crippen LogP contribution in [0.3, 0.4) is 0 Å². The van der Waals surface area contributed by atoms with Crippen LogP contribution in [0.2, 0.25) is 10.0 Å². The molecule has 0 saturated heterocycles. The van der Waals surface area contributed by atoms with Gasteiger partial charge in [-0.3, -0.25) is 0 Å². The Morgan fingerprint density at radius 3 is 2.63 bits per heavy atom. The van der Waals surface area contributed by atoms with Gasteiger partial charge in [-0.25, -0.2) is 9.37 Å². The number of hydrogen-bond donors (Lipinski definition) is 2. The van der Waals surface area contributed by atoms with Gasteiger partial charge in [-0.1, -0.05) is 29.3 Å². The van der Waals surface area contributed by atoms with E-state index in [1.165, 1.54) is 18.3 Å². The standard InChI is InChI=1S/C13H12Cl2FN3/c1-18-12(9-3-2-8(16)5-11(9)15)10-4-7(14)6-19-13(10)17/h2-6,12,18H,1H3,(H2,17,19). The number of nitrogens with two attached hydrogens (primary N) is 1. The SMILES string of the molecule is CNC(c1ccc(F)cc1Cl)c1cc(Cl)cnc1N. The molecule has 0 aliphatic heterocycles. The lowest BCUT2D eigenvalue weighted by atomic mass is 9.99. The summed E-state index contributed by atoms with van der Waals surface area (Å²) in [5.41, 5.74) is 7.26. The van der Waals surface area contributed by atoms with Crippen molar-refractivity contribution in [1.82, 2.24) is 10.3 Å². The highest BCUT2D eigenvalue weighted by Crippen LogP contribution is 2.32. The molecule has 0 amide bonds. The predicted octanol–water partition coefficient (Wildman–Crippen LogP) is 3.42. The van der Waals surface area contributed by atoms with Gasteiger partial charge in [0.2, 0.25) is 0 Å². The summed E-state index contributed by atoms with van der Waals surface area (Å²) < 4.78 is 13.1. The Morgan fingerprint density at radius 2 is 2.00 bits per heavy atom. The van der Waals surface area contributed by atoms with Crippen LogP contribution in [0.15, 0.2) is 30.5 Å². The highest BCUT2D eigenvalue weighted by molar-refractivity contribution is 6.31. The summed E-state index contributed by atoms with van der Waals surface area (Å²) in [7, 11) is 1.75. The zero-order valence-corrected chi connectivity index (χ0v) is 11.6. The van der Waals surface area contributed by atoms with Crippen LogP contribution in [0.25, 0.3) is 0 Å². The van der Waals surface area contributed by atoms with E-state index in [-0.39, 0.29) is 11.9 Å². The van der Waals surface area contributed by atoms with Gasteiger partial charge in [0, 0.05) is 16.8 Å². The quantitative estimate of drug-likeness (QED) is 0.913. The van der Waals surface area contributed by atoms with E-state index in [0.29, 0.717) is 27.0 Å². The molecule has 1 heterocycles. The maximum absolute atomic E-state index is 13.1. The second-order valence-corrected chi connectivity index (χ2v) is 4.86. The molecule has 1 aromatic heterocycles. The molecule has 0 spiro atoms. The lowest BCUT2D eigenvalue weighted by molar-refractivity contribution is 0.623. The van der Waals surface area contributed by atoms with Crippen molar-refractivity contribution in [3.05, 3.63) is 57.5 Å². The van der Waals surface area contributed by atoms with Crippen LogP contribution < -0.4 is 11.1 Å². The van der Waals surface area contributed by atoms with Crippen molar-refractivity contribution >= 4 is 29.0 Å². The number of anilines is 1. The molecular weight excluding hydrogens is 288 g/mol. The summed E-state index contributed by atoms with van der Waals surface area (Å²) >= 11 is 12.0. The zero-order chi connectivity index (χ0) is 14.0. The highest BCUT2D eigenvalue weighted by atomic mass is 35.5. The first kappa shape index (κ1) is 14.1. The largest absolute Gasteiger partial charge is 0.383 e. The fourth-order valence-electron chi connectivity index (χ4n) is 1.91. The summed E-state index contributed by atoms with van der Waals surface area (Å²) in [4.78, 5) is 4.01. The summed E-state index contributed by atoms with van der Waals surface area (Å²) in [6, 6.07) is 5.62. The molecule has 1 aromatic carbocycles. The van der Waals surface area contributed by atoms with Crippen molar-refractivity contribution in [2.75, 3.05) is 12.8 Å². The Labute approximate surface area is 120 Å². The average Bonchev–Trinajstić information content (AvgIpc) is 2.36. The molecule has 2 rings (SSSR count). The minimum absolute atomic E-state index is 0.306. The fraction of sp³-hybridized carbons (Fsp3) is 0.154. The number of nitrogens with zero attached hydrogens (tertiary/aromatic N) is 1. The van der Waals surface area contributed by atoms with Crippen LogP contribution >= 0.6 is 23.2 Å². The summed E-state index contributed by atoms with van der Waals surface area (Å²) in [6.45, 7) is 0. The molecule has 6 heteroatoms. The van der Waals surface area contributed by atoms with Crippen LogP contribution in [0.4, 0.5) is 10.2 Å². The minimum Gasteiger partial charge on any atom is -0.383 e. The van der Waals surface area contributed by atoms with Gasteiger partial charge in [0.25, 0.3) is 0 Å². The molecule has 19 heavy (non-hydrogen) atoms. The summed E-state index contributed by atoms with van der Waals surface area (Å²) in [5.74, 6) is -0.0371. The van der Waals surface area contributed by atoms with Crippen molar-refractivity contribution in [1.29, 1.82) is 0 Å². The monoisotopic (exact) mass is 299 g/mol.